The van der Waals surface area contributed by atoms with Crippen molar-refractivity contribution in [3.8, 4) is 0 Å². The quantitative estimate of drug-likeness (QED) is 0.912. The predicted molar refractivity (Wildman–Crippen MR) is 78.7 cm³/mol. The van der Waals surface area contributed by atoms with E-state index in [1.165, 1.54) is 0 Å². The molecule has 104 valence electrons. The molecule has 0 radical (unpaired) electrons. The van der Waals surface area contributed by atoms with E-state index in [0.717, 1.165) is 19.4 Å². The van der Waals surface area contributed by atoms with Crippen LogP contribution in [0.5, 0.6) is 0 Å². The maximum Gasteiger partial charge on any atom is 0.255 e. The highest BCUT2D eigenvalue weighted by molar-refractivity contribution is 6.43. The predicted octanol–water partition coefficient (Wildman–Crippen LogP) is 3.19. The molecule has 1 aliphatic rings. The van der Waals surface area contributed by atoms with Crippen molar-refractivity contribution in [1.29, 1.82) is 0 Å². The maximum absolute atomic E-state index is 12.5. The lowest BCUT2D eigenvalue weighted by Crippen LogP contribution is -2.45. The van der Waals surface area contributed by atoms with Gasteiger partial charge in [-0.15, -0.1) is 0 Å². The van der Waals surface area contributed by atoms with Gasteiger partial charge in [0.15, 0.2) is 0 Å². The number of nitrogens with zero attached hydrogens (tertiary/aromatic N) is 1. The number of carbonyl (C=O) groups is 1. The molecule has 0 spiro atoms. The third-order valence-corrected chi connectivity index (χ3v) is 4.49. The Morgan fingerprint density at radius 1 is 1.47 bits per heavy atom. The van der Waals surface area contributed by atoms with Crippen molar-refractivity contribution in [2.75, 3.05) is 13.1 Å². The molecular formula is C14H18Cl2N2O. The van der Waals surface area contributed by atoms with Gasteiger partial charge < -0.3 is 10.6 Å². The Hall–Kier alpha value is -0.770. The van der Waals surface area contributed by atoms with E-state index in [1.807, 2.05) is 11.8 Å². The van der Waals surface area contributed by atoms with E-state index >= 15 is 0 Å². The smallest absolute Gasteiger partial charge is 0.255 e. The monoisotopic (exact) mass is 300 g/mol. The summed E-state index contributed by atoms with van der Waals surface area (Å²) in [7, 11) is 0. The molecular weight excluding hydrogens is 283 g/mol. The van der Waals surface area contributed by atoms with Gasteiger partial charge in [0.25, 0.3) is 5.91 Å². The van der Waals surface area contributed by atoms with E-state index in [1.54, 1.807) is 18.2 Å². The number of piperidine rings is 1. The Bertz CT molecular complexity index is 477. The Labute approximate surface area is 123 Å². The summed E-state index contributed by atoms with van der Waals surface area (Å²) in [5.74, 6) is 0.300. The topological polar surface area (TPSA) is 46.3 Å². The van der Waals surface area contributed by atoms with Crippen LogP contribution in [0.3, 0.4) is 0 Å². The molecule has 1 aliphatic heterocycles. The number of carbonyl (C=O) groups excluding carboxylic acids is 1. The van der Waals surface area contributed by atoms with E-state index < -0.39 is 0 Å². The zero-order valence-corrected chi connectivity index (χ0v) is 12.4. The lowest BCUT2D eigenvalue weighted by molar-refractivity contribution is 0.0661. The van der Waals surface area contributed by atoms with Crippen molar-refractivity contribution in [3.63, 3.8) is 0 Å². The van der Waals surface area contributed by atoms with E-state index in [-0.39, 0.29) is 11.9 Å². The van der Waals surface area contributed by atoms with Crippen LogP contribution in [0.4, 0.5) is 0 Å². The second kappa shape index (κ2) is 6.12. The van der Waals surface area contributed by atoms with Crippen molar-refractivity contribution >= 4 is 29.1 Å². The number of hydrogen-bond donors (Lipinski definition) is 1. The number of nitrogens with two attached hydrogens (primary N) is 1. The summed E-state index contributed by atoms with van der Waals surface area (Å²) < 4.78 is 0. The lowest BCUT2D eigenvalue weighted by Gasteiger charge is -2.34. The summed E-state index contributed by atoms with van der Waals surface area (Å²) in [5, 5.41) is 0.741. The van der Waals surface area contributed by atoms with Gasteiger partial charge in [0.1, 0.15) is 0 Å². The molecule has 0 aromatic heterocycles. The minimum Gasteiger partial charge on any atom is -0.338 e. The molecule has 3 nitrogen and oxygen atoms in total. The molecule has 19 heavy (non-hydrogen) atoms. The highest BCUT2D eigenvalue weighted by Gasteiger charge is 2.27. The van der Waals surface area contributed by atoms with Crippen molar-refractivity contribution < 1.29 is 4.79 Å². The Kier molecular flexibility index (Phi) is 4.71. The number of amides is 1. The van der Waals surface area contributed by atoms with Crippen LogP contribution in [0.25, 0.3) is 0 Å². The van der Waals surface area contributed by atoms with Gasteiger partial charge in [-0.05, 0) is 37.8 Å². The van der Waals surface area contributed by atoms with Gasteiger partial charge in [0, 0.05) is 19.1 Å². The fourth-order valence-electron chi connectivity index (χ4n) is 2.46. The first kappa shape index (κ1) is 14.6. The van der Waals surface area contributed by atoms with Crippen molar-refractivity contribution in [1.82, 2.24) is 4.90 Å². The van der Waals surface area contributed by atoms with Crippen LogP contribution in [-0.2, 0) is 0 Å². The number of benzene rings is 1. The van der Waals surface area contributed by atoms with Gasteiger partial charge in [0.2, 0.25) is 0 Å². The molecule has 0 saturated carbocycles. The lowest BCUT2D eigenvalue weighted by atomic mass is 9.92. The van der Waals surface area contributed by atoms with Gasteiger partial charge in [0.05, 0.1) is 15.6 Å². The van der Waals surface area contributed by atoms with Gasteiger partial charge in [-0.2, -0.15) is 0 Å². The molecule has 5 heteroatoms. The van der Waals surface area contributed by atoms with Crippen LogP contribution >= 0.6 is 23.2 Å². The largest absolute Gasteiger partial charge is 0.338 e. The second-order valence-corrected chi connectivity index (χ2v) is 5.90. The molecule has 1 aromatic carbocycles. The minimum atomic E-state index is -0.0575. The molecule has 2 rings (SSSR count). The highest BCUT2D eigenvalue weighted by Crippen LogP contribution is 2.28. The summed E-state index contributed by atoms with van der Waals surface area (Å²) in [4.78, 5) is 14.3. The van der Waals surface area contributed by atoms with Crippen LogP contribution in [0.1, 0.15) is 30.1 Å². The third kappa shape index (κ3) is 3.22. The number of halogens is 2. The van der Waals surface area contributed by atoms with E-state index in [4.69, 9.17) is 28.9 Å². The van der Waals surface area contributed by atoms with E-state index in [2.05, 4.69) is 0 Å². The Morgan fingerprint density at radius 3 is 2.89 bits per heavy atom. The van der Waals surface area contributed by atoms with Crippen molar-refractivity contribution in [3.05, 3.63) is 33.8 Å². The molecule has 2 atom stereocenters. The molecule has 0 aliphatic carbocycles. The first-order valence-electron chi connectivity index (χ1n) is 6.49. The van der Waals surface area contributed by atoms with Crippen LogP contribution in [0.15, 0.2) is 18.2 Å². The molecule has 1 amide bonds. The first-order valence-corrected chi connectivity index (χ1v) is 7.25. The highest BCUT2D eigenvalue weighted by atomic mass is 35.5. The summed E-state index contributed by atoms with van der Waals surface area (Å²) in [6, 6.07) is 5.24. The van der Waals surface area contributed by atoms with Crippen LogP contribution < -0.4 is 5.73 Å². The molecule has 2 N–H and O–H groups in total. The van der Waals surface area contributed by atoms with Gasteiger partial charge >= 0.3 is 0 Å². The molecule has 1 aromatic rings. The SMILES string of the molecule is C[C@H](N)[C@@H]1CCCN(C(=O)c2cccc(Cl)c2Cl)C1. The van der Waals surface area contributed by atoms with Gasteiger partial charge in [-0.1, -0.05) is 29.3 Å². The summed E-state index contributed by atoms with van der Waals surface area (Å²) in [5.41, 5.74) is 6.41. The minimum absolute atomic E-state index is 0.0575. The van der Waals surface area contributed by atoms with Gasteiger partial charge in [-0.3, -0.25) is 4.79 Å². The molecule has 1 fully saturated rings. The number of hydrogen-bond acceptors (Lipinski definition) is 2. The number of likely N-dealkylation sites (tertiary alicyclic amines) is 1. The first-order chi connectivity index (χ1) is 9.00. The van der Waals surface area contributed by atoms with Crippen LogP contribution in [0, 0.1) is 5.92 Å². The van der Waals surface area contributed by atoms with Crippen molar-refractivity contribution in [2.45, 2.75) is 25.8 Å². The second-order valence-electron chi connectivity index (χ2n) is 5.11. The summed E-state index contributed by atoms with van der Waals surface area (Å²) in [6.07, 6.45) is 2.06. The Balaban J connectivity index is 2.17. The molecule has 1 heterocycles. The molecule has 0 unspecified atom stereocenters. The maximum atomic E-state index is 12.5. The molecule has 0 bridgehead atoms. The molecule has 1 saturated heterocycles. The normalized spacial score (nSPS) is 21.3. The van der Waals surface area contributed by atoms with Crippen molar-refractivity contribution in [2.24, 2.45) is 11.7 Å². The standard InChI is InChI=1S/C14H18Cl2N2O/c1-9(17)10-4-3-7-18(8-10)14(19)11-5-2-6-12(15)13(11)16/h2,5-6,9-10H,3-4,7-8,17H2,1H3/t9-,10+/m0/s1. The van der Waals surface area contributed by atoms with Gasteiger partial charge in [-0.25, -0.2) is 0 Å². The number of rotatable bonds is 2. The van der Waals surface area contributed by atoms with Crippen LogP contribution in [-0.4, -0.2) is 29.9 Å². The summed E-state index contributed by atoms with van der Waals surface area (Å²) >= 11 is 12.1. The average molecular weight is 301 g/mol. The summed E-state index contributed by atoms with van der Waals surface area (Å²) in [6.45, 7) is 3.44. The van der Waals surface area contributed by atoms with E-state index in [9.17, 15) is 4.79 Å². The van der Waals surface area contributed by atoms with E-state index in [0.29, 0.717) is 28.1 Å². The Morgan fingerprint density at radius 2 is 2.21 bits per heavy atom. The zero-order valence-electron chi connectivity index (χ0n) is 10.9. The third-order valence-electron chi connectivity index (χ3n) is 3.67. The average Bonchev–Trinajstić information content (AvgIpc) is 2.41. The zero-order chi connectivity index (χ0) is 14.0. The fraction of sp³-hybridized carbons (Fsp3) is 0.500. The fourth-order valence-corrected chi connectivity index (χ4v) is 2.84. The van der Waals surface area contributed by atoms with Crippen LogP contribution in [0.2, 0.25) is 10.0 Å².